The molecule has 2 aromatic rings. The standard InChI is InChI=1S/C12H10ClNO3S/c1-7-4-3-5-8(6-7)17-12-14-10(13)9(18-12)11(15)16-2/h3-6H,1-2H3. The van der Waals surface area contributed by atoms with Gasteiger partial charge in [0.15, 0.2) is 10.0 Å². The van der Waals surface area contributed by atoms with E-state index in [9.17, 15) is 4.79 Å². The molecule has 0 unspecified atom stereocenters. The Morgan fingerprint density at radius 1 is 1.44 bits per heavy atom. The van der Waals surface area contributed by atoms with Gasteiger partial charge in [0, 0.05) is 0 Å². The molecule has 2 rings (SSSR count). The lowest BCUT2D eigenvalue weighted by Crippen LogP contribution is -1.98. The van der Waals surface area contributed by atoms with Gasteiger partial charge < -0.3 is 9.47 Å². The molecule has 1 heterocycles. The molecular formula is C12H10ClNO3S. The summed E-state index contributed by atoms with van der Waals surface area (Å²) >= 11 is 6.89. The monoisotopic (exact) mass is 283 g/mol. The highest BCUT2D eigenvalue weighted by molar-refractivity contribution is 7.15. The van der Waals surface area contributed by atoms with Gasteiger partial charge in [-0.1, -0.05) is 35.1 Å². The molecule has 0 atom stereocenters. The van der Waals surface area contributed by atoms with Crippen molar-refractivity contribution in [3.63, 3.8) is 0 Å². The summed E-state index contributed by atoms with van der Waals surface area (Å²) < 4.78 is 10.1. The molecule has 0 aliphatic rings. The van der Waals surface area contributed by atoms with Gasteiger partial charge in [-0.15, -0.1) is 0 Å². The van der Waals surface area contributed by atoms with Crippen molar-refractivity contribution in [3.8, 4) is 10.9 Å². The minimum absolute atomic E-state index is 0.0921. The van der Waals surface area contributed by atoms with Crippen LogP contribution in [-0.2, 0) is 4.74 Å². The van der Waals surface area contributed by atoms with Crippen LogP contribution in [0.1, 0.15) is 15.2 Å². The number of benzene rings is 1. The first-order chi connectivity index (χ1) is 8.60. The summed E-state index contributed by atoms with van der Waals surface area (Å²) in [4.78, 5) is 15.6. The van der Waals surface area contributed by atoms with E-state index in [0.717, 1.165) is 16.9 Å². The van der Waals surface area contributed by atoms with Crippen molar-refractivity contribution in [2.75, 3.05) is 7.11 Å². The first-order valence-electron chi connectivity index (χ1n) is 5.09. The van der Waals surface area contributed by atoms with Gasteiger partial charge in [-0.25, -0.2) is 4.79 Å². The minimum atomic E-state index is -0.517. The molecular weight excluding hydrogens is 274 g/mol. The Labute approximate surface area is 113 Å². The number of nitrogens with zero attached hydrogens (tertiary/aromatic N) is 1. The first-order valence-corrected chi connectivity index (χ1v) is 6.29. The van der Waals surface area contributed by atoms with Gasteiger partial charge in [0.05, 0.1) is 7.11 Å². The van der Waals surface area contributed by atoms with Gasteiger partial charge in [-0.05, 0) is 24.6 Å². The summed E-state index contributed by atoms with van der Waals surface area (Å²) in [5.41, 5.74) is 1.07. The molecule has 0 saturated carbocycles. The van der Waals surface area contributed by atoms with Crippen LogP contribution in [0.15, 0.2) is 24.3 Å². The Bertz CT molecular complexity index is 582. The lowest BCUT2D eigenvalue weighted by Gasteiger charge is -2.01. The minimum Gasteiger partial charge on any atom is -0.465 e. The van der Waals surface area contributed by atoms with Crippen molar-refractivity contribution in [2.24, 2.45) is 0 Å². The largest absolute Gasteiger partial charge is 0.465 e. The van der Waals surface area contributed by atoms with E-state index in [2.05, 4.69) is 9.72 Å². The fraction of sp³-hybridized carbons (Fsp3) is 0.167. The molecule has 18 heavy (non-hydrogen) atoms. The molecule has 0 bridgehead atoms. The van der Waals surface area contributed by atoms with Crippen molar-refractivity contribution in [3.05, 3.63) is 39.9 Å². The van der Waals surface area contributed by atoms with Gasteiger partial charge in [0.2, 0.25) is 0 Å². The quantitative estimate of drug-likeness (QED) is 0.806. The zero-order valence-corrected chi connectivity index (χ0v) is 11.3. The third-order valence-corrected chi connectivity index (χ3v) is 3.43. The zero-order valence-electron chi connectivity index (χ0n) is 9.77. The summed E-state index contributed by atoms with van der Waals surface area (Å²) in [6.45, 7) is 1.96. The van der Waals surface area contributed by atoms with Crippen LogP contribution < -0.4 is 4.74 Å². The summed E-state index contributed by atoms with van der Waals surface area (Å²) in [5, 5.41) is 0.403. The van der Waals surface area contributed by atoms with Crippen LogP contribution in [0.25, 0.3) is 0 Å². The highest BCUT2D eigenvalue weighted by atomic mass is 35.5. The normalized spacial score (nSPS) is 10.2. The second-order valence-electron chi connectivity index (χ2n) is 3.51. The first kappa shape index (κ1) is 12.9. The number of esters is 1. The van der Waals surface area contributed by atoms with Crippen molar-refractivity contribution >= 4 is 28.9 Å². The average molecular weight is 284 g/mol. The average Bonchev–Trinajstić information content (AvgIpc) is 2.69. The fourth-order valence-corrected chi connectivity index (χ4v) is 2.39. The number of hydrogen-bond acceptors (Lipinski definition) is 5. The third kappa shape index (κ3) is 2.80. The molecule has 0 amide bonds. The van der Waals surface area contributed by atoms with E-state index >= 15 is 0 Å². The maximum Gasteiger partial charge on any atom is 0.351 e. The van der Waals surface area contributed by atoms with E-state index in [1.54, 1.807) is 6.07 Å². The van der Waals surface area contributed by atoms with E-state index < -0.39 is 5.97 Å². The molecule has 0 saturated heterocycles. The Kier molecular flexibility index (Phi) is 3.84. The Hall–Kier alpha value is -1.59. The van der Waals surface area contributed by atoms with Crippen molar-refractivity contribution in [2.45, 2.75) is 6.92 Å². The van der Waals surface area contributed by atoms with Crippen LogP contribution in [-0.4, -0.2) is 18.1 Å². The molecule has 0 aliphatic carbocycles. The van der Waals surface area contributed by atoms with Crippen LogP contribution in [0.3, 0.4) is 0 Å². The Morgan fingerprint density at radius 2 is 2.22 bits per heavy atom. The third-order valence-electron chi connectivity index (χ3n) is 2.13. The van der Waals surface area contributed by atoms with Crippen LogP contribution >= 0.6 is 22.9 Å². The molecule has 0 aliphatic heterocycles. The summed E-state index contributed by atoms with van der Waals surface area (Å²) in [5.74, 6) is 0.133. The number of carbonyl (C=O) groups is 1. The van der Waals surface area contributed by atoms with Gasteiger partial charge >= 0.3 is 5.97 Å². The van der Waals surface area contributed by atoms with Gasteiger partial charge in [0.25, 0.3) is 5.19 Å². The molecule has 1 aromatic heterocycles. The van der Waals surface area contributed by atoms with Crippen molar-refractivity contribution < 1.29 is 14.3 Å². The number of carbonyl (C=O) groups excluding carboxylic acids is 1. The molecule has 0 spiro atoms. The maximum absolute atomic E-state index is 11.4. The van der Waals surface area contributed by atoms with Gasteiger partial charge in [-0.2, -0.15) is 4.98 Å². The second kappa shape index (κ2) is 5.37. The highest BCUT2D eigenvalue weighted by Gasteiger charge is 2.18. The molecule has 1 aromatic carbocycles. The molecule has 94 valence electrons. The van der Waals surface area contributed by atoms with Crippen LogP contribution in [0.4, 0.5) is 0 Å². The van der Waals surface area contributed by atoms with E-state index in [1.165, 1.54) is 7.11 Å². The molecule has 4 nitrogen and oxygen atoms in total. The Balaban J connectivity index is 2.23. The van der Waals surface area contributed by atoms with Gasteiger partial charge in [0.1, 0.15) is 5.75 Å². The number of thiazole rings is 1. The van der Waals surface area contributed by atoms with Crippen molar-refractivity contribution in [1.29, 1.82) is 0 Å². The zero-order chi connectivity index (χ0) is 13.1. The maximum atomic E-state index is 11.4. The number of rotatable bonds is 3. The lowest BCUT2D eigenvalue weighted by molar-refractivity contribution is 0.0606. The Morgan fingerprint density at radius 3 is 2.89 bits per heavy atom. The predicted octanol–water partition coefficient (Wildman–Crippen LogP) is 3.68. The molecule has 0 fully saturated rings. The van der Waals surface area contributed by atoms with E-state index in [-0.39, 0.29) is 10.0 Å². The van der Waals surface area contributed by atoms with Crippen LogP contribution in [0.5, 0.6) is 10.9 Å². The van der Waals surface area contributed by atoms with E-state index in [0.29, 0.717) is 10.9 Å². The summed E-state index contributed by atoms with van der Waals surface area (Å²) in [7, 11) is 1.29. The molecule has 6 heteroatoms. The molecule has 0 radical (unpaired) electrons. The van der Waals surface area contributed by atoms with Crippen LogP contribution in [0, 0.1) is 6.92 Å². The number of aryl methyl sites for hydroxylation is 1. The number of hydrogen-bond donors (Lipinski definition) is 0. The topological polar surface area (TPSA) is 48.4 Å². The summed E-state index contributed by atoms with van der Waals surface area (Å²) in [6, 6.07) is 7.51. The molecule has 0 N–H and O–H groups in total. The smallest absolute Gasteiger partial charge is 0.351 e. The number of aromatic nitrogens is 1. The van der Waals surface area contributed by atoms with Crippen LogP contribution in [0.2, 0.25) is 5.15 Å². The SMILES string of the molecule is COC(=O)c1sc(Oc2cccc(C)c2)nc1Cl. The van der Waals surface area contributed by atoms with E-state index in [1.807, 2.05) is 25.1 Å². The van der Waals surface area contributed by atoms with E-state index in [4.69, 9.17) is 16.3 Å². The number of ether oxygens (including phenoxy) is 2. The second-order valence-corrected chi connectivity index (χ2v) is 4.83. The lowest BCUT2D eigenvalue weighted by atomic mass is 10.2. The predicted molar refractivity (Wildman–Crippen MR) is 69.7 cm³/mol. The number of methoxy groups -OCH3 is 1. The van der Waals surface area contributed by atoms with Crippen molar-refractivity contribution in [1.82, 2.24) is 4.98 Å². The summed E-state index contributed by atoms with van der Waals surface area (Å²) in [6.07, 6.45) is 0. The fourth-order valence-electron chi connectivity index (χ4n) is 1.33. The highest BCUT2D eigenvalue weighted by Crippen LogP contribution is 2.32. The number of halogens is 1. The van der Waals surface area contributed by atoms with Gasteiger partial charge in [-0.3, -0.25) is 0 Å².